The molecule has 0 spiro atoms. The van der Waals surface area contributed by atoms with Crippen LogP contribution in [0.5, 0.6) is 0 Å². The summed E-state index contributed by atoms with van der Waals surface area (Å²) in [7, 11) is 0. The van der Waals surface area contributed by atoms with Gasteiger partial charge in [-0.25, -0.2) is 0 Å². The summed E-state index contributed by atoms with van der Waals surface area (Å²) < 4.78 is 0. The van der Waals surface area contributed by atoms with Gasteiger partial charge in [-0.05, 0) is 49.8 Å². The van der Waals surface area contributed by atoms with Gasteiger partial charge in [0.05, 0.1) is 12.1 Å². The Kier molecular flexibility index (Phi) is 3.20. The number of hydrogen-bond donors (Lipinski definition) is 1. The van der Waals surface area contributed by atoms with Gasteiger partial charge in [0.15, 0.2) is 0 Å². The monoisotopic (exact) mass is 279 g/mol. The molecule has 21 heavy (non-hydrogen) atoms. The van der Waals surface area contributed by atoms with E-state index in [9.17, 15) is 0 Å². The number of piperidine rings is 1. The van der Waals surface area contributed by atoms with E-state index in [4.69, 9.17) is 5.26 Å². The van der Waals surface area contributed by atoms with Crippen molar-refractivity contribution in [2.45, 2.75) is 38.1 Å². The fourth-order valence-electron chi connectivity index (χ4n) is 4.37. The summed E-state index contributed by atoms with van der Waals surface area (Å²) >= 11 is 0. The largest absolute Gasteiger partial charge is 0.357 e. The number of benzene rings is 1. The molecule has 1 aromatic heterocycles. The Hall–Kier alpha value is -1.79. The first kappa shape index (κ1) is 12.9. The van der Waals surface area contributed by atoms with E-state index >= 15 is 0 Å². The average molecular weight is 279 g/mol. The topological polar surface area (TPSA) is 42.8 Å². The molecule has 1 saturated heterocycles. The minimum Gasteiger partial charge on any atom is -0.357 e. The molecule has 2 aromatic rings. The van der Waals surface area contributed by atoms with Crippen LogP contribution in [0.4, 0.5) is 0 Å². The first-order valence-electron chi connectivity index (χ1n) is 8.09. The van der Waals surface area contributed by atoms with Crippen LogP contribution in [0.2, 0.25) is 0 Å². The lowest BCUT2D eigenvalue weighted by Gasteiger charge is -2.44. The predicted molar refractivity (Wildman–Crippen MR) is 83.9 cm³/mol. The second-order valence-electron chi connectivity index (χ2n) is 6.39. The highest BCUT2D eigenvalue weighted by atomic mass is 15.2. The molecule has 2 atom stereocenters. The maximum atomic E-state index is 8.93. The molecule has 0 saturated carbocycles. The molecule has 1 N–H and O–H groups in total. The number of hydrogen-bond acceptors (Lipinski definition) is 2. The molecular weight excluding hydrogens is 258 g/mol. The highest BCUT2D eigenvalue weighted by Gasteiger charge is 2.37. The van der Waals surface area contributed by atoms with Crippen molar-refractivity contribution in [3.05, 3.63) is 35.5 Å². The van der Waals surface area contributed by atoms with Gasteiger partial charge in [-0.1, -0.05) is 18.2 Å². The Bertz CT molecular complexity index is 694. The van der Waals surface area contributed by atoms with Crippen LogP contribution in [-0.2, 0) is 6.42 Å². The average Bonchev–Trinajstić information content (AvgIpc) is 2.91. The molecule has 2 aliphatic rings. The number of aromatic amines is 1. The van der Waals surface area contributed by atoms with Gasteiger partial charge < -0.3 is 4.98 Å². The van der Waals surface area contributed by atoms with Crippen molar-refractivity contribution in [2.24, 2.45) is 5.92 Å². The third kappa shape index (κ3) is 2.06. The van der Waals surface area contributed by atoms with Crippen LogP contribution < -0.4 is 0 Å². The molecule has 1 fully saturated rings. The van der Waals surface area contributed by atoms with E-state index in [1.54, 1.807) is 0 Å². The van der Waals surface area contributed by atoms with Gasteiger partial charge in [-0.15, -0.1) is 0 Å². The molecule has 0 aliphatic carbocycles. The van der Waals surface area contributed by atoms with Crippen molar-refractivity contribution in [1.82, 2.24) is 9.88 Å². The van der Waals surface area contributed by atoms with Crippen molar-refractivity contribution >= 4 is 10.9 Å². The maximum absolute atomic E-state index is 8.93. The van der Waals surface area contributed by atoms with E-state index in [0.29, 0.717) is 18.4 Å². The van der Waals surface area contributed by atoms with E-state index in [0.717, 1.165) is 12.8 Å². The molecule has 1 aromatic carbocycles. The molecule has 108 valence electrons. The number of fused-ring (bicyclic) bond motifs is 5. The lowest BCUT2D eigenvalue weighted by molar-refractivity contribution is 0.0770. The summed E-state index contributed by atoms with van der Waals surface area (Å²) in [5.41, 5.74) is 4.23. The molecule has 0 unspecified atom stereocenters. The van der Waals surface area contributed by atoms with Gasteiger partial charge in [-0.3, -0.25) is 4.90 Å². The standard InChI is InChI=1S/C18H21N3/c19-10-3-5-13-6-4-11-21-12-9-15-14-7-1-2-8-16(14)20-17(15)18(13)21/h1-2,7-8,13,18,20H,3-6,9,11-12H2/t13-,18+/m1/s1. The minimum absolute atomic E-state index is 0.503. The normalized spacial score (nSPS) is 25.3. The van der Waals surface area contributed by atoms with Gasteiger partial charge in [0, 0.05) is 29.6 Å². The zero-order chi connectivity index (χ0) is 14.2. The first-order chi connectivity index (χ1) is 10.4. The van der Waals surface area contributed by atoms with E-state index in [1.807, 2.05) is 0 Å². The van der Waals surface area contributed by atoms with Crippen molar-refractivity contribution in [3.8, 4) is 6.07 Å². The molecule has 3 heterocycles. The van der Waals surface area contributed by atoms with Crippen molar-refractivity contribution < 1.29 is 0 Å². The fourth-order valence-corrected chi connectivity index (χ4v) is 4.37. The molecule has 0 radical (unpaired) electrons. The Morgan fingerprint density at radius 3 is 3.10 bits per heavy atom. The number of nitriles is 1. The molecule has 3 nitrogen and oxygen atoms in total. The van der Waals surface area contributed by atoms with E-state index < -0.39 is 0 Å². The Morgan fingerprint density at radius 2 is 2.19 bits per heavy atom. The van der Waals surface area contributed by atoms with Crippen LogP contribution in [0.1, 0.15) is 43.0 Å². The summed E-state index contributed by atoms with van der Waals surface area (Å²) in [4.78, 5) is 6.34. The number of aromatic nitrogens is 1. The van der Waals surface area contributed by atoms with Crippen LogP contribution >= 0.6 is 0 Å². The van der Waals surface area contributed by atoms with E-state index in [1.165, 1.54) is 48.1 Å². The number of para-hydroxylation sites is 1. The minimum atomic E-state index is 0.503. The first-order valence-corrected chi connectivity index (χ1v) is 8.09. The van der Waals surface area contributed by atoms with Gasteiger partial charge >= 0.3 is 0 Å². The van der Waals surface area contributed by atoms with Crippen molar-refractivity contribution in [2.75, 3.05) is 13.1 Å². The second-order valence-corrected chi connectivity index (χ2v) is 6.39. The van der Waals surface area contributed by atoms with Crippen molar-refractivity contribution in [3.63, 3.8) is 0 Å². The van der Waals surface area contributed by atoms with Crippen LogP contribution in [0.25, 0.3) is 10.9 Å². The third-order valence-corrected chi connectivity index (χ3v) is 5.28. The molecule has 2 aliphatic heterocycles. The van der Waals surface area contributed by atoms with E-state index in [-0.39, 0.29) is 0 Å². The summed E-state index contributed by atoms with van der Waals surface area (Å²) in [5, 5.41) is 10.3. The quantitative estimate of drug-likeness (QED) is 0.909. The number of H-pyrrole nitrogens is 1. The Labute approximate surface area is 125 Å². The lowest BCUT2D eigenvalue weighted by Crippen LogP contribution is -2.43. The van der Waals surface area contributed by atoms with E-state index in [2.05, 4.69) is 40.2 Å². The maximum Gasteiger partial charge on any atom is 0.0621 e. The Balaban J connectivity index is 1.78. The highest BCUT2D eigenvalue weighted by Crippen LogP contribution is 2.43. The zero-order valence-corrected chi connectivity index (χ0v) is 12.3. The third-order valence-electron chi connectivity index (χ3n) is 5.28. The lowest BCUT2D eigenvalue weighted by atomic mass is 9.80. The van der Waals surface area contributed by atoms with Crippen LogP contribution in [0, 0.1) is 17.2 Å². The predicted octanol–water partition coefficient (Wildman–Crippen LogP) is 3.78. The second kappa shape index (κ2) is 5.20. The number of nitrogens with zero attached hydrogens (tertiary/aromatic N) is 2. The molecule has 4 rings (SSSR count). The number of nitrogens with one attached hydrogen (secondary N) is 1. The molecule has 0 amide bonds. The van der Waals surface area contributed by atoms with Gasteiger partial charge in [0.1, 0.15) is 0 Å². The van der Waals surface area contributed by atoms with Crippen molar-refractivity contribution in [1.29, 1.82) is 5.26 Å². The summed E-state index contributed by atoms with van der Waals surface area (Å²) in [5.74, 6) is 0.630. The zero-order valence-electron chi connectivity index (χ0n) is 12.3. The molecular formula is C18H21N3. The Morgan fingerprint density at radius 1 is 1.29 bits per heavy atom. The number of rotatable bonds is 2. The van der Waals surface area contributed by atoms with Crippen LogP contribution in [0.15, 0.2) is 24.3 Å². The fraction of sp³-hybridized carbons (Fsp3) is 0.500. The summed E-state index contributed by atoms with van der Waals surface area (Å²) in [6, 6.07) is 11.5. The summed E-state index contributed by atoms with van der Waals surface area (Å²) in [6.07, 6.45) is 5.41. The molecule has 0 bridgehead atoms. The smallest absolute Gasteiger partial charge is 0.0621 e. The summed E-state index contributed by atoms with van der Waals surface area (Å²) in [6.45, 7) is 2.38. The van der Waals surface area contributed by atoms with Gasteiger partial charge in [-0.2, -0.15) is 5.26 Å². The highest BCUT2D eigenvalue weighted by molar-refractivity contribution is 5.85. The molecule has 3 heteroatoms. The van der Waals surface area contributed by atoms with Crippen LogP contribution in [0.3, 0.4) is 0 Å². The van der Waals surface area contributed by atoms with Crippen LogP contribution in [-0.4, -0.2) is 23.0 Å². The SMILES string of the molecule is N#CCC[C@@H]1CCCN2CCc3c([nH]c4ccccc34)[C@H]12. The van der Waals surface area contributed by atoms with Gasteiger partial charge in [0.2, 0.25) is 0 Å². The van der Waals surface area contributed by atoms with Gasteiger partial charge in [0.25, 0.3) is 0 Å².